The summed E-state index contributed by atoms with van der Waals surface area (Å²) in [5, 5.41) is 29.3. The van der Waals surface area contributed by atoms with Crippen LogP contribution in [0.4, 0.5) is 0 Å². The first-order valence-electron chi connectivity index (χ1n) is 9.97. The number of carbonyl (C=O) groups is 4. The number of amides is 3. The summed E-state index contributed by atoms with van der Waals surface area (Å²) in [5.74, 6) is -2.82. The Balaban J connectivity index is 1.92. The van der Waals surface area contributed by atoms with E-state index in [0.29, 0.717) is 12.0 Å². The number of aromatic hydroxyl groups is 1. The highest BCUT2D eigenvalue weighted by atomic mass is 32.1. The molecule has 3 amide bonds. The maximum Gasteiger partial charge on any atom is 0.326 e. The highest BCUT2D eigenvalue weighted by Crippen LogP contribution is 2.11. The number of rotatable bonds is 10. The summed E-state index contributed by atoms with van der Waals surface area (Å²) in [6.07, 6.45) is 1.57. The Morgan fingerprint density at radius 3 is 2.29 bits per heavy atom. The van der Waals surface area contributed by atoms with Crippen LogP contribution in [0.2, 0.25) is 0 Å². The number of thiol groups is 1. The van der Waals surface area contributed by atoms with Gasteiger partial charge >= 0.3 is 5.97 Å². The van der Waals surface area contributed by atoms with Gasteiger partial charge in [0.2, 0.25) is 17.7 Å². The van der Waals surface area contributed by atoms with E-state index in [1.807, 2.05) is 0 Å². The molecule has 10 nitrogen and oxygen atoms in total. The zero-order valence-electron chi connectivity index (χ0n) is 17.1. The number of nitrogens with one attached hydrogen (secondary N) is 4. The van der Waals surface area contributed by atoms with E-state index in [1.54, 1.807) is 12.1 Å². The molecule has 0 aromatic heterocycles. The monoisotopic (exact) mass is 452 g/mol. The van der Waals surface area contributed by atoms with Crippen molar-refractivity contribution in [2.45, 2.75) is 50.4 Å². The van der Waals surface area contributed by atoms with Gasteiger partial charge in [0.15, 0.2) is 0 Å². The van der Waals surface area contributed by atoms with Crippen LogP contribution in [0.15, 0.2) is 24.3 Å². The Hall–Kier alpha value is -2.79. The summed E-state index contributed by atoms with van der Waals surface area (Å²) in [6, 6.07) is 2.42. The van der Waals surface area contributed by atoms with E-state index in [2.05, 4.69) is 33.9 Å². The third kappa shape index (κ3) is 7.44. The van der Waals surface area contributed by atoms with Crippen LogP contribution in [0.25, 0.3) is 0 Å². The van der Waals surface area contributed by atoms with Crippen molar-refractivity contribution in [3.8, 4) is 5.75 Å². The molecule has 1 fully saturated rings. The van der Waals surface area contributed by atoms with Crippen LogP contribution < -0.4 is 21.3 Å². The van der Waals surface area contributed by atoms with Crippen LogP contribution in [0.5, 0.6) is 5.75 Å². The Kier molecular flexibility index (Phi) is 9.13. The molecule has 1 aliphatic heterocycles. The Bertz CT molecular complexity index is 797. The molecule has 0 saturated carbocycles. The average Bonchev–Trinajstić information content (AvgIpc) is 3.27. The molecule has 0 spiro atoms. The molecular weight excluding hydrogens is 424 g/mol. The van der Waals surface area contributed by atoms with E-state index in [0.717, 1.165) is 13.0 Å². The second kappa shape index (κ2) is 11.6. The number of benzene rings is 1. The summed E-state index contributed by atoms with van der Waals surface area (Å²) >= 11 is 4.08. The van der Waals surface area contributed by atoms with Gasteiger partial charge in [-0.05, 0) is 44.0 Å². The van der Waals surface area contributed by atoms with Crippen molar-refractivity contribution in [2.24, 2.45) is 0 Å². The van der Waals surface area contributed by atoms with Gasteiger partial charge in [-0.3, -0.25) is 14.4 Å². The fourth-order valence-corrected chi connectivity index (χ4v) is 3.38. The van der Waals surface area contributed by atoms with Gasteiger partial charge in [-0.15, -0.1) is 0 Å². The van der Waals surface area contributed by atoms with Gasteiger partial charge in [0.25, 0.3) is 0 Å². The van der Waals surface area contributed by atoms with E-state index in [4.69, 9.17) is 0 Å². The fraction of sp³-hybridized carbons (Fsp3) is 0.500. The lowest BCUT2D eigenvalue weighted by Crippen LogP contribution is -2.57. The van der Waals surface area contributed by atoms with Crippen LogP contribution >= 0.6 is 12.6 Å². The predicted molar refractivity (Wildman–Crippen MR) is 116 cm³/mol. The Labute approximate surface area is 185 Å². The quantitative estimate of drug-likeness (QED) is 0.229. The summed E-state index contributed by atoms with van der Waals surface area (Å²) in [7, 11) is 0. The van der Waals surface area contributed by atoms with Crippen molar-refractivity contribution in [3.05, 3.63) is 29.8 Å². The fourth-order valence-electron chi connectivity index (χ4n) is 3.12. The average molecular weight is 453 g/mol. The van der Waals surface area contributed by atoms with Crippen molar-refractivity contribution in [2.75, 3.05) is 12.3 Å². The summed E-state index contributed by atoms with van der Waals surface area (Å²) in [6.45, 7) is 2.25. The number of phenols is 1. The molecule has 0 bridgehead atoms. The molecule has 1 saturated heterocycles. The molecule has 1 heterocycles. The molecule has 11 heteroatoms. The van der Waals surface area contributed by atoms with Crippen molar-refractivity contribution in [1.29, 1.82) is 0 Å². The molecule has 6 N–H and O–H groups in total. The van der Waals surface area contributed by atoms with E-state index < -0.39 is 35.9 Å². The number of carboxylic acid groups (broad SMARTS) is 1. The number of aliphatic carboxylic acids is 1. The molecule has 1 aromatic rings. The zero-order chi connectivity index (χ0) is 23.0. The lowest BCUT2D eigenvalue weighted by Gasteiger charge is -2.23. The molecule has 31 heavy (non-hydrogen) atoms. The minimum atomic E-state index is -1.24. The summed E-state index contributed by atoms with van der Waals surface area (Å²) < 4.78 is 0. The number of hydrogen-bond acceptors (Lipinski definition) is 7. The normalized spacial score (nSPS) is 18.5. The zero-order valence-corrected chi connectivity index (χ0v) is 18.0. The van der Waals surface area contributed by atoms with Crippen molar-refractivity contribution >= 4 is 36.3 Å². The van der Waals surface area contributed by atoms with E-state index in [-0.39, 0.29) is 29.9 Å². The van der Waals surface area contributed by atoms with Gasteiger partial charge in [-0.25, -0.2) is 4.79 Å². The van der Waals surface area contributed by atoms with Crippen molar-refractivity contribution in [3.63, 3.8) is 0 Å². The van der Waals surface area contributed by atoms with Crippen LogP contribution in [0.3, 0.4) is 0 Å². The minimum absolute atomic E-state index is 0.00452. The molecule has 2 rings (SSSR count). The highest BCUT2D eigenvalue weighted by Gasteiger charge is 2.29. The van der Waals surface area contributed by atoms with Gasteiger partial charge in [-0.1, -0.05) is 12.1 Å². The largest absolute Gasteiger partial charge is 0.508 e. The second-order valence-corrected chi connectivity index (χ2v) is 7.76. The van der Waals surface area contributed by atoms with Gasteiger partial charge in [0.1, 0.15) is 23.9 Å². The molecule has 1 aromatic carbocycles. The van der Waals surface area contributed by atoms with Crippen LogP contribution in [-0.4, -0.2) is 70.4 Å². The molecule has 170 valence electrons. The second-order valence-electron chi connectivity index (χ2n) is 7.39. The first-order chi connectivity index (χ1) is 14.7. The van der Waals surface area contributed by atoms with Crippen LogP contribution in [-0.2, 0) is 25.6 Å². The van der Waals surface area contributed by atoms with Crippen molar-refractivity contribution in [1.82, 2.24) is 21.3 Å². The maximum atomic E-state index is 12.5. The van der Waals surface area contributed by atoms with Gasteiger partial charge in [0.05, 0.1) is 6.04 Å². The molecule has 4 unspecified atom stereocenters. The molecular formula is C20H28N4O6S. The van der Waals surface area contributed by atoms with E-state index in [1.165, 1.54) is 19.1 Å². The van der Waals surface area contributed by atoms with Crippen molar-refractivity contribution < 1.29 is 29.4 Å². The summed E-state index contributed by atoms with van der Waals surface area (Å²) in [5.41, 5.74) is 0.605. The number of carbonyl (C=O) groups excluding carboxylic acids is 3. The standard InChI is InChI=1S/C20H28N4O6S/c1-11(22-18(27)14-3-2-8-21-14)17(26)24-16(10-31)19(28)23-15(20(29)30)9-12-4-6-13(25)7-5-12/h4-7,11,14-16,21,25,31H,2-3,8-10H2,1H3,(H,22,27)(H,23,28)(H,24,26)(H,29,30). The van der Waals surface area contributed by atoms with E-state index in [9.17, 15) is 29.4 Å². The Morgan fingerprint density at radius 2 is 1.74 bits per heavy atom. The minimum Gasteiger partial charge on any atom is -0.508 e. The smallest absolute Gasteiger partial charge is 0.326 e. The maximum absolute atomic E-state index is 12.5. The topological polar surface area (TPSA) is 157 Å². The highest BCUT2D eigenvalue weighted by molar-refractivity contribution is 7.80. The molecule has 0 radical (unpaired) electrons. The third-order valence-corrected chi connectivity index (χ3v) is 5.30. The van der Waals surface area contributed by atoms with Gasteiger partial charge < -0.3 is 31.5 Å². The van der Waals surface area contributed by atoms with Gasteiger partial charge in [0, 0.05) is 12.2 Å². The molecule has 4 atom stereocenters. The lowest BCUT2D eigenvalue weighted by molar-refractivity contribution is -0.142. The van der Waals surface area contributed by atoms with Crippen LogP contribution in [0, 0.1) is 0 Å². The van der Waals surface area contributed by atoms with Gasteiger partial charge in [-0.2, -0.15) is 12.6 Å². The number of phenolic OH excluding ortho intramolecular Hbond substituents is 1. The van der Waals surface area contributed by atoms with E-state index >= 15 is 0 Å². The predicted octanol–water partition coefficient (Wildman–Crippen LogP) is -0.825. The van der Waals surface area contributed by atoms with Crippen LogP contribution in [0.1, 0.15) is 25.3 Å². The summed E-state index contributed by atoms with van der Waals surface area (Å²) in [4.78, 5) is 48.7. The number of carboxylic acids is 1. The molecule has 0 aliphatic carbocycles. The SMILES string of the molecule is CC(NC(=O)C1CCCN1)C(=O)NC(CS)C(=O)NC(Cc1ccc(O)cc1)C(=O)O. The Morgan fingerprint density at radius 1 is 1.10 bits per heavy atom. The lowest BCUT2D eigenvalue weighted by atomic mass is 10.1. The third-order valence-electron chi connectivity index (χ3n) is 4.94. The first-order valence-corrected chi connectivity index (χ1v) is 10.6. The first kappa shape index (κ1) is 24.5. The molecule has 1 aliphatic rings. The number of hydrogen-bond donors (Lipinski definition) is 7.